The molecule has 0 aromatic carbocycles. The van der Waals surface area contributed by atoms with E-state index in [-0.39, 0.29) is 4.87 Å². The second-order valence-electron chi connectivity index (χ2n) is 20.4. The molecular weight excluding hydrogens is 837 g/mol. The minimum absolute atomic E-state index is 0.0304. The Balaban J connectivity index is 4.60. The maximum atomic E-state index is 6.86. The zero-order valence-corrected chi connectivity index (χ0v) is 47.2. The van der Waals surface area contributed by atoms with Crippen molar-refractivity contribution >= 4 is 34.1 Å². The Bertz CT molecular complexity index is 740. The summed E-state index contributed by atoms with van der Waals surface area (Å²) in [6.45, 7) is 9.18. The minimum Gasteiger partial charge on any atom is -0.373 e. The van der Waals surface area contributed by atoms with Crippen LogP contribution in [0, 0.1) is 0 Å². The maximum absolute atomic E-state index is 6.86. The van der Waals surface area contributed by atoms with Crippen molar-refractivity contribution in [2.45, 2.75) is 347 Å². The lowest BCUT2D eigenvalue weighted by atomic mass is 10.0. The van der Waals surface area contributed by atoms with Gasteiger partial charge in [-0.2, -0.15) is 25.3 Å². The van der Waals surface area contributed by atoms with Crippen LogP contribution in [0.2, 0.25) is 0 Å². The third-order valence-electron chi connectivity index (χ3n) is 13.9. The molecule has 0 aliphatic rings. The molecule has 0 saturated heterocycles. The Hall–Kier alpha value is 0.797. The van der Waals surface area contributed by atoms with E-state index < -0.39 is 8.80 Å². The standard InChI is InChI=1S/C58H120O3S2Si/c1-4-7-10-13-16-19-22-25-28-31-34-37-40-43-46-49-54-59-64(58(63)53-52-57-62,60-55-50-47-44-41-38-35-32-29-26-23-20-17-14-11-8-5-2)61-56-51-48-45-42-39-36-33-30-27-24-21-18-15-12-9-6-3/h58,62-63H,4-57H2,1-3H3. The van der Waals surface area contributed by atoms with Crippen LogP contribution in [0.4, 0.5) is 0 Å². The van der Waals surface area contributed by atoms with E-state index in [0.29, 0.717) is 0 Å². The van der Waals surface area contributed by atoms with Gasteiger partial charge in [-0.05, 0) is 37.9 Å². The van der Waals surface area contributed by atoms with E-state index >= 15 is 0 Å². The average molecular weight is 958 g/mol. The summed E-state index contributed by atoms with van der Waals surface area (Å²) in [5.74, 6) is 0.874. The lowest BCUT2D eigenvalue weighted by Crippen LogP contribution is -2.55. The number of hydrogen-bond donors (Lipinski definition) is 2. The van der Waals surface area contributed by atoms with Gasteiger partial charge in [0, 0.05) is 19.8 Å². The summed E-state index contributed by atoms with van der Waals surface area (Å²) in [5.41, 5.74) is 0. The summed E-state index contributed by atoms with van der Waals surface area (Å²) in [6, 6.07) is 0. The molecule has 1 atom stereocenters. The van der Waals surface area contributed by atoms with E-state index in [4.69, 9.17) is 25.9 Å². The molecule has 0 rings (SSSR count). The number of unbranched alkanes of at least 4 members (excludes halogenated alkanes) is 45. The Labute approximate surface area is 417 Å². The first-order valence-electron chi connectivity index (χ1n) is 29.9. The van der Waals surface area contributed by atoms with Crippen molar-refractivity contribution in [1.82, 2.24) is 0 Å². The third-order valence-corrected chi connectivity index (χ3v) is 18.4. The van der Waals surface area contributed by atoms with E-state index in [1.165, 1.54) is 289 Å². The van der Waals surface area contributed by atoms with Gasteiger partial charge in [-0.1, -0.05) is 310 Å². The normalized spacial score (nSPS) is 12.5. The molecule has 386 valence electrons. The molecule has 0 fully saturated rings. The van der Waals surface area contributed by atoms with Gasteiger partial charge in [0.2, 0.25) is 0 Å². The SMILES string of the molecule is CCCCCCCCCCCCCCCCCCO[Si](OCCCCCCCCCCCCCCCCCC)(OCCCCCCCCCCCCCCCCCC)C(S)CCCS. The fourth-order valence-electron chi connectivity index (χ4n) is 9.47. The second kappa shape index (κ2) is 56.4. The van der Waals surface area contributed by atoms with Crippen LogP contribution in [0.1, 0.15) is 342 Å². The van der Waals surface area contributed by atoms with Gasteiger partial charge < -0.3 is 13.3 Å². The van der Waals surface area contributed by atoms with Gasteiger partial charge in [0.25, 0.3) is 0 Å². The molecule has 0 radical (unpaired) electrons. The summed E-state index contributed by atoms with van der Waals surface area (Å²) < 4.78 is 20.6. The summed E-state index contributed by atoms with van der Waals surface area (Å²) in [4.78, 5) is 0.0304. The van der Waals surface area contributed by atoms with Crippen LogP contribution in [0.5, 0.6) is 0 Å². The highest BCUT2D eigenvalue weighted by Gasteiger charge is 2.47. The molecule has 0 amide bonds. The molecule has 0 aliphatic carbocycles. The van der Waals surface area contributed by atoms with Gasteiger partial charge in [0.15, 0.2) is 0 Å². The highest BCUT2D eigenvalue weighted by molar-refractivity contribution is 7.83. The van der Waals surface area contributed by atoms with Crippen molar-refractivity contribution in [3.8, 4) is 0 Å². The highest BCUT2D eigenvalue weighted by atomic mass is 32.1. The van der Waals surface area contributed by atoms with Crippen LogP contribution in [-0.4, -0.2) is 39.3 Å². The monoisotopic (exact) mass is 957 g/mol. The van der Waals surface area contributed by atoms with E-state index in [0.717, 1.165) is 57.7 Å². The van der Waals surface area contributed by atoms with Crippen LogP contribution in [-0.2, 0) is 13.3 Å². The van der Waals surface area contributed by atoms with Crippen molar-refractivity contribution in [1.29, 1.82) is 0 Å². The molecule has 3 nitrogen and oxygen atoms in total. The van der Waals surface area contributed by atoms with Gasteiger partial charge in [-0.25, -0.2) is 0 Å². The Morgan fingerprint density at radius 2 is 0.438 bits per heavy atom. The van der Waals surface area contributed by atoms with Crippen molar-refractivity contribution in [3.63, 3.8) is 0 Å². The molecule has 0 N–H and O–H groups in total. The lowest BCUT2D eigenvalue weighted by Gasteiger charge is -2.34. The fourth-order valence-corrected chi connectivity index (χ4v) is 13.2. The molecule has 64 heavy (non-hydrogen) atoms. The molecule has 0 aromatic rings. The Kier molecular flexibility index (Phi) is 57.1. The summed E-state index contributed by atoms with van der Waals surface area (Å²) in [7, 11) is -2.93. The smallest absolute Gasteiger partial charge is 0.373 e. The van der Waals surface area contributed by atoms with Crippen LogP contribution in [0.15, 0.2) is 0 Å². The van der Waals surface area contributed by atoms with Crippen LogP contribution < -0.4 is 0 Å². The maximum Gasteiger partial charge on any atom is 0.514 e. The zero-order chi connectivity index (χ0) is 46.4. The average Bonchev–Trinajstić information content (AvgIpc) is 3.30. The predicted molar refractivity (Wildman–Crippen MR) is 298 cm³/mol. The number of hydrogen-bond acceptors (Lipinski definition) is 5. The summed E-state index contributed by atoms with van der Waals surface area (Å²) in [5, 5.41) is 0. The zero-order valence-electron chi connectivity index (χ0n) is 44.4. The third kappa shape index (κ3) is 47.8. The highest BCUT2D eigenvalue weighted by Crippen LogP contribution is 2.26. The molecule has 0 aromatic heterocycles. The topological polar surface area (TPSA) is 27.7 Å². The van der Waals surface area contributed by atoms with Crippen molar-refractivity contribution in [2.75, 3.05) is 25.6 Å². The van der Waals surface area contributed by atoms with E-state index in [2.05, 4.69) is 33.4 Å². The minimum atomic E-state index is -2.93. The quantitative estimate of drug-likeness (QED) is 0.0361. The fraction of sp³-hybridized carbons (Fsp3) is 1.00. The van der Waals surface area contributed by atoms with Gasteiger partial charge in [0.1, 0.15) is 0 Å². The number of thiol groups is 2. The summed E-state index contributed by atoms with van der Waals surface area (Å²) >= 11 is 9.77. The predicted octanol–water partition coefficient (Wildman–Crippen LogP) is 21.3. The first-order chi connectivity index (χ1) is 31.7. The van der Waals surface area contributed by atoms with Crippen LogP contribution in [0.25, 0.3) is 0 Å². The Morgan fingerprint density at radius 3 is 0.609 bits per heavy atom. The van der Waals surface area contributed by atoms with E-state index in [1.54, 1.807) is 0 Å². The molecule has 1 unspecified atom stereocenters. The molecule has 0 spiro atoms. The van der Waals surface area contributed by atoms with E-state index in [1.807, 2.05) is 0 Å². The van der Waals surface area contributed by atoms with Crippen molar-refractivity contribution < 1.29 is 13.3 Å². The van der Waals surface area contributed by atoms with Gasteiger partial charge >= 0.3 is 8.80 Å². The molecule has 0 saturated carbocycles. The number of rotatable bonds is 58. The first-order valence-corrected chi connectivity index (χ1v) is 32.8. The molecule has 0 bridgehead atoms. The van der Waals surface area contributed by atoms with Gasteiger partial charge in [-0.15, -0.1) is 0 Å². The van der Waals surface area contributed by atoms with Crippen LogP contribution in [0.3, 0.4) is 0 Å². The van der Waals surface area contributed by atoms with Crippen molar-refractivity contribution in [2.24, 2.45) is 0 Å². The van der Waals surface area contributed by atoms with Crippen LogP contribution >= 0.6 is 25.3 Å². The van der Waals surface area contributed by atoms with Gasteiger partial charge in [0.05, 0.1) is 4.87 Å². The molecular formula is C58H120O3S2Si. The molecule has 6 heteroatoms. The Morgan fingerprint density at radius 1 is 0.266 bits per heavy atom. The van der Waals surface area contributed by atoms with Crippen molar-refractivity contribution in [3.05, 3.63) is 0 Å². The lowest BCUT2D eigenvalue weighted by molar-refractivity contribution is 0.0530. The molecule has 0 aliphatic heterocycles. The van der Waals surface area contributed by atoms with E-state index in [9.17, 15) is 0 Å². The second-order valence-corrected chi connectivity index (χ2v) is 24.8. The largest absolute Gasteiger partial charge is 0.514 e. The van der Waals surface area contributed by atoms with Gasteiger partial charge in [-0.3, -0.25) is 0 Å². The molecule has 0 heterocycles. The summed E-state index contributed by atoms with van der Waals surface area (Å²) in [6.07, 6.45) is 68.5. The first kappa shape index (κ1) is 64.8.